The summed E-state index contributed by atoms with van der Waals surface area (Å²) in [5, 5.41) is 3.54. The lowest BCUT2D eigenvalue weighted by Crippen LogP contribution is -2.48. The summed E-state index contributed by atoms with van der Waals surface area (Å²) in [6.45, 7) is 6.61. The Hall–Kier alpha value is -2.13. The Labute approximate surface area is 190 Å². The zero-order valence-electron chi connectivity index (χ0n) is 18.2. The van der Waals surface area contributed by atoms with Gasteiger partial charge in [-0.15, -0.1) is 0 Å². The van der Waals surface area contributed by atoms with Gasteiger partial charge >= 0.3 is 6.18 Å². The number of hydrogen-bond donors (Lipinski definition) is 1. The topological polar surface area (TPSA) is 48.5 Å². The van der Waals surface area contributed by atoms with Crippen LogP contribution in [0, 0.1) is 5.92 Å². The fourth-order valence-electron chi connectivity index (χ4n) is 4.62. The highest BCUT2D eigenvalue weighted by Crippen LogP contribution is 2.30. The molecule has 0 bridgehead atoms. The Morgan fingerprint density at radius 1 is 1.22 bits per heavy atom. The summed E-state index contributed by atoms with van der Waals surface area (Å²) in [5.74, 6) is 0.459. The van der Waals surface area contributed by atoms with Crippen molar-refractivity contribution in [2.24, 2.45) is 5.92 Å². The number of benzene rings is 1. The maximum absolute atomic E-state index is 12.9. The number of rotatable bonds is 5. The molecule has 5 nitrogen and oxygen atoms in total. The van der Waals surface area contributed by atoms with Crippen LogP contribution in [0.4, 0.5) is 18.3 Å². The summed E-state index contributed by atoms with van der Waals surface area (Å²) in [5.41, 5.74) is -0.307. The highest BCUT2D eigenvalue weighted by molar-refractivity contribution is 7.17. The van der Waals surface area contributed by atoms with Crippen LogP contribution >= 0.6 is 11.3 Å². The quantitative estimate of drug-likeness (QED) is 0.688. The van der Waals surface area contributed by atoms with Gasteiger partial charge in [0.25, 0.3) is 5.91 Å². The van der Waals surface area contributed by atoms with Crippen LogP contribution in [0.5, 0.6) is 0 Å². The van der Waals surface area contributed by atoms with Crippen molar-refractivity contribution in [2.45, 2.75) is 51.4 Å². The Kier molecular flexibility index (Phi) is 7.05. The van der Waals surface area contributed by atoms with Gasteiger partial charge in [-0.1, -0.05) is 30.4 Å². The molecule has 0 unspecified atom stereocenters. The normalized spacial score (nSPS) is 21.0. The zero-order chi connectivity index (χ0) is 22.7. The van der Waals surface area contributed by atoms with E-state index < -0.39 is 11.7 Å². The van der Waals surface area contributed by atoms with Gasteiger partial charge in [0.1, 0.15) is 4.88 Å². The summed E-state index contributed by atoms with van der Waals surface area (Å²) < 4.78 is 38.6. The number of carbonyl (C=O) groups is 1. The highest BCUT2D eigenvalue weighted by Gasteiger charge is 2.31. The standard InChI is InChI=1S/C23H29F3N4OS/c1-16-4-3-9-30(15-16)19-7-10-29(11-8-19)22-28-14-20(32-22)21(31)27-13-17-5-2-6-18(12-17)23(24,25)26/h2,5-6,12,14,16,19H,3-4,7-11,13,15H2,1H3,(H,27,31)/t16-/m1/s1. The third kappa shape index (κ3) is 5.61. The Morgan fingerprint density at radius 3 is 2.72 bits per heavy atom. The van der Waals surface area contributed by atoms with Crippen molar-refractivity contribution >= 4 is 22.4 Å². The van der Waals surface area contributed by atoms with E-state index in [1.54, 1.807) is 12.3 Å². The van der Waals surface area contributed by atoms with Gasteiger partial charge in [0.15, 0.2) is 5.13 Å². The second-order valence-electron chi connectivity index (χ2n) is 8.85. The monoisotopic (exact) mass is 466 g/mol. The molecule has 1 amide bonds. The van der Waals surface area contributed by atoms with Gasteiger partial charge in [-0.25, -0.2) is 4.98 Å². The lowest BCUT2D eigenvalue weighted by molar-refractivity contribution is -0.137. The van der Waals surface area contributed by atoms with Gasteiger partial charge in [-0.3, -0.25) is 9.69 Å². The van der Waals surface area contributed by atoms with Gasteiger partial charge in [0, 0.05) is 32.2 Å². The summed E-state index contributed by atoms with van der Waals surface area (Å²) >= 11 is 1.34. The number of amides is 1. The predicted molar refractivity (Wildman–Crippen MR) is 120 cm³/mol. The molecule has 0 aliphatic carbocycles. The first-order valence-corrected chi connectivity index (χ1v) is 12.0. The van der Waals surface area contributed by atoms with Gasteiger partial charge in [-0.2, -0.15) is 13.2 Å². The van der Waals surface area contributed by atoms with Crippen molar-refractivity contribution in [3.8, 4) is 0 Å². The lowest BCUT2D eigenvalue weighted by Gasteiger charge is -2.41. The minimum atomic E-state index is -4.40. The van der Waals surface area contributed by atoms with Crippen molar-refractivity contribution < 1.29 is 18.0 Å². The highest BCUT2D eigenvalue weighted by atomic mass is 32.1. The molecule has 32 heavy (non-hydrogen) atoms. The number of piperidine rings is 2. The van der Waals surface area contributed by atoms with Crippen LogP contribution in [0.2, 0.25) is 0 Å². The van der Waals surface area contributed by atoms with Crippen LogP contribution in [-0.4, -0.2) is 48.0 Å². The predicted octanol–water partition coefficient (Wildman–Crippen LogP) is 4.79. The Balaban J connectivity index is 1.29. The number of hydrogen-bond acceptors (Lipinski definition) is 5. The van der Waals surface area contributed by atoms with E-state index in [9.17, 15) is 18.0 Å². The van der Waals surface area contributed by atoms with Gasteiger partial charge in [0.2, 0.25) is 0 Å². The minimum absolute atomic E-state index is 0.0373. The molecule has 3 heterocycles. The van der Waals surface area contributed by atoms with E-state index in [0.29, 0.717) is 16.5 Å². The summed E-state index contributed by atoms with van der Waals surface area (Å²) in [6.07, 6.45) is 1.97. The first-order chi connectivity index (χ1) is 15.3. The molecule has 2 aromatic rings. The maximum atomic E-state index is 12.9. The molecule has 2 aliphatic rings. The SMILES string of the molecule is C[C@@H]1CCCN(C2CCN(c3ncc(C(=O)NCc4cccc(C(F)(F)F)c4)s3)CC2)C1. The molecule has 1 aromatic heterocycles. The number of anilines is 1. The van der Waals surface area contributed by atoms with Gasteiger partial charge < -0.3 is 10.2 Å². The molecule has 2 fully saturated rings. The summed E-state index contributed by atoms with van der Waals surface area (Å²) in [7, 11) is 0. The third-order valence-corrected chi connectivity index (χ3v) is 7.42. The summed E-state index contributed by atoms with van der Waals surface area (Å²) in [6, 6.07) is 5.63. The molecule has 2 saturated heterocycles. The van der Waals surface area contributed by atoms with Crippen LogP contribution in [-0.2, 0) is 12.7 Å². The number of nitrogens with one attached hydrogen (secondary N) is 1. The molecule has 0 saturated carbocycles. The zero-order valence-corrected chi connectivity index (χ0v) is 19.0. The van der Waals surface area contributed by atoms with Crippen molar-refractivity contribution in [3.05, 3.63) is 46.5 Å². The molecule has 2 aliphatic heterocycles. The third-order valence-electron chi connectivity index (χ3n) is 6.36. The molecule has 174 valence electrons. The maximum Gasteiger partial charge on any atom is 0.416 e. The molecule has 1 atom stereocenters. The second kappa shape index (κ2) is 9.79. The van der Waals surface area contributed by atoms with Gasteiger partial charge in [0.05, 0.1) is 11.8 Å². The van der Waals surface area contributed by atoms with E-state index in [-0.39, 0.29) is 12.5 Å². The Bertz CT molecular complexity index is 924. The van der Waals surface area contributed by atoms with E-state index in [0.717, 1.165) is 49.1 Å². The number of thiazole rings is 1. The van der Waals surface area contributed by atoms with Crippen LogP contribution in [0.1, 0.15) is 53.4 Å². The number of alkyl halides is 3. The van der Waals surface area contributed by atoms with E-state index in [4.69, 9.17) is 0 Å². The molecule has 1 N–H and O–H groups in total. The first-order valence-electron chi connectivity index (χ1n) is 11.2. The number of nitrogens with zero attached hydrogens (tertiary/aromatic N) is 3. The van der Waals surface area contributed by atoms with Gasteiger partial charge in [-0.05, 0) is 55.8 Å². The minimum Gasteiger partial charge on any atom is -0.348 e. The molecule has 1 aromatic carbocycles. The number of likely N-dealkylation sites (tertiary alicyclic amines) is 1. The van der Waals surface area contributed by atoms with Crippen LogP contribution in [0.3, 0.4) is 0 Å². The van der Waals surface area contributed by atoms with Crippen molar-refractivity contribution in [3.63, 3.8) is 0 Å². The van der Waals surface area contributed by atoms with Crippen molar-refractivity contribution in [2.75, 3.05) is 31.1 Å². The smallest absolute Gasteiger partial charge is 0.348 e. The van der Waals surface area contributed by atoms with E-state index >= 15 is 0 Å². The fraction of sp³-hybridized carbons (Fsp3) is 0.565. The fourth-order valence-corrected chi connectivity index (χ4v) is 5.51. The average molecular weight is 467 g/mol. The Morgan fingerprint density at radius 2 is 2.00 bits per heavy atom. The molecule has 9 heteroatoms. The van der Waals surface area contributed by atoms with E-state index in [2.05, 4.69) is 27.0 Å². The molecular weight excluding hydrogens is 437 g/mol. The molecule has 0 radical (unpaired) electrons. The van der Waals surface area contributed by atoms with Crippen molar-refractivity contribution in [1.29, 1.82) is 0 Å². The van der Waals surface area contributed by atoms with E-state index in [1.807, 2.05) is 0 Å². The number of carbonyl (C=O) groups excluding carboxylic acids is 1. The van der Waals surface area contributed by atoms with Crippen LogP contribution < -0.4 is 10.2 Å². The molecular formula is C23H29F3N4OS. The first kappa shape index (κ1) is 23.0. The molecule has 0 spiro atoms. The summed E-state index contributed by atoms with van der Waals surface area (Å²) in [4.78, 5) is 22.3. The lowest BCUT2D eigenvalue weighted by atomic mass is 9.95. The van der Waals surface area contributed by atoms with E-state index in [1.165, 1.54) is 43.3 Å². The van der Waals surface area contributed by atoms with Crippen LogP contribution in [0.25, 0.3) is 0 Å². The molecule has 4 rings (SSSR count). The van der Waals surface area contributed by atoms with Crippen LogP contribution in [0.15, 0.2) is 30.5 Å². The number of aromatic nitrogens is 1. The second-order valence-corrected chi connectivity index (χ2v) is 9.86. The number of halogens is 3. The average Bonchev–Trinajstić information content (AvgIpc) is 3.28. The van der Waals surface area contributed by atoms with Crippen molar-refractivity contribution in [1.82, 2.24) is 15.2 Å². The largest absolute Gasteiger partial charge is 0.416 e.